The maximum absolute atomic E-state index is 12.0. The van der Waals surface area contributed by atoms with Crippen molar-refractivity contribution >= 4 is 5.97 Å². The quantitative estimate of drug-likeness (QED) is 0.576. The van der Waals surface area contributed by atoms with E-state index in [1.807, 2.05) is 17.8 Å². The van der Waals surface area contributed by atoms with E-state index in [0.717, 1.165) is 19.3 Å². The summed E-state index contributed by atoms with van der Waals surface area (Å²) in [5, 5.41) is 8.10. The molecule has 2 heterocycles. The minimum Gasteiger partial charge on any atom is -0.461 e. The van der Waals surface area contributed by atoms with Crippen LogP contribution in [0.25, 0.3) is 11.5 Å². The molecule has 0 fully saturated rings. The maximum atomic E-state index is 12.0. The number of imidazole rings is 1. The third kappa shape index (κ3) is 3.29. The number of hydrogen-bond donors (Lipinski definition) is 0. The molecule has 2 aromatic rings. The second-order valence-corrected chi connectivity index (χ2v) is 4.80. The van der Waals surface area contributed by atoms with Gasteiger partial charge in [-0.05, 0) is 13.3 Å². The van der Waals surface area contributed by atoms with Crippen molar-refractivity contribution in [2.75, 3.05) is 6.61 Å². The molecule has 0 radical (unpaired) electrons. The van der Waals surface area contributed by atoms with E-state index in [0.29, 0.717) is 24.7 Å². The minimum atomic E-state index is -0.461. The fourth-order valence-corrected chi connectivity index (χ4v) is 2.13. The number of esters is 1. The Hall–Kier alpha value is -2.18. The van der Waals surface area contributed by atoms with Gasteiger partial charge in [0.25, 0.3) is 0 Å². The highest BCUT2D eigenvalue weighted by Crippen LogP contribution is 2.21. The molecular weight excluding hydrogens is 270 g/mol. The first-order valence-corrected chi connectivity index (χ1v) is 7.27. The molecule has 0 bridgehead atoms. The van der Waals surface area contributed by atoms with Crippen LogP contribution in [-0.4, -0.2) is 37.1 Å². The van der Waals surface area contributed by atoms with Gasteiger partial charge in [-0.15, -0.1) is 5.10 Å². The highest BCUT2D eigenvalue weighted by molar-refractivity contribution is 5.93. The number of aryl methyl sites for hydroxylation is 2. The lowest BCUT2D eigenvalue weighted by molar-refractivity contribution is 0.0520. The number of carbonyl (C=O) groups excluding carboxylic acids is 1. The van der Waals surface area contributed by atoms with Crippen molar-refractivity contribution in [3.05, 3.63) is 18.1 Å². The fraction of sp³-hybridized carbons (Fsp3) is 0.571. The number of aromatic nitrogens is 5. The normalized spacial score (nSPS) is 10.8. The van der Waals surface area contributed by atoms with Gasteiger partial charge in [-0.25, -0.2) is 14.5 Å². The molecule has 114 valence electrons. The third-order valence-corrected chi connectivity index (χ3v) is 3.21. The molecule has 7 nitrogen and oxygen atoms in total. The zero-order valence-electron chi connectivity index (χ0n) is 12.7. The van der Waals surface area contributed by atoms with Crippen molar-refractivity contribution in [2.45, 2.75) is 39.7 Å². The van der Waals surface area contributed by atoms with E-state index in [1.54, 1.807) is 17.8 Å². The second kappa shape index (κ2) is 7.01. The lowest BCUT2D eigenvalue weighted by atomic mass is 10.2. The van der Waals surface area contributed by atoms with Crippen LogP contribution in [0.3, 0.4) is 0 Å². The number of nitrogens with zero attached hydrogens (tertiary/aromatic N) is 5. The number of unbranched alkanes of at least 4 members (excludes halogenated alkanes) is 2. The van der Waals surface area contributed by atoms with Gasteiger partial charge < -0.3 is 9.30 Å². The average Bonchev–Trinajstić information content (AvgIpc) is 3.05. The largest absolute Gasteiger partial charge is 0.461 e. The Bertz CT molecular complexity index is 602. The zero-order chi connectivity index (χ0) is 15.2. The summed E-state index contributed by atoms with van der Waals surface area (Å²) < 4.78 is 8.64. The van der Waals surface area contributed by atoms with Crippen molar-refractivity contribution in [2.24, 2.45) is 7.05 Å². The summed E-state index contributed by atoms with van der Waals surface area (Å²) in [6.45, 7) is 4.93. The zero-order valence-corrected chi connectivity index (χ0v) is 12.7. The monoisotopic (exact) mass is 291 g/mol. The molecule has 0 amide bonds. The summed E-state index contributed by atoms with van der Waals surface area (Å²) >= 11 is 0. The van der Waals surface area contributed by atoms with Crippen LogP contribution in [0, 0.1) is 0 Å². The lowest BCUT2D eigenvalue weighted by Crippen LogP contribution is -2.10. The van der Waals surface area contributed by atoms with Crippen LogP contribution >= 0.6 is 0 Å². The molecule has 0 saturated carbocycles. The van der Waals surface area contributed by atoms with Gasteiger partial charge in [0.1, 0.15) is 5.69 Å². The molecule has 7 heteroatoms. The van der Waals surface area contributed by atoms with Gasteiger partial charge in [0.2, 0.25) is 5.69 Å². The summed E-state index contributed by atoms with van der Waals surface area (Å²) in [4.78, 5) is 16.3. The van der Waals surface area contributed by atoms with E-state index < -0.39 is 5.97 Å². The summed E-state index contributed by atoms with van der Waals surface area (Å²) in [5.74, 6) is 0.205. The Morgan fingerprint density at radius 2 is 2.14 bits per heavy atom. The first-order chi connectivity index (χ1) is 10.2. The van der Waals surface area contributed by atoms with Crippen molar-refractivity contribution in [3.8, 4) is 11.5 Å². The number of ether oxygens (including phenoxy) is 1. The van der Waals surface area contributed by atoms with E-state index in [4.69, 9.17) is 4.74 Å². The van der Waals surface area contributed by atoms with Gasteiger partial charge >= 0.3 is 5.97 Å². The van der Waals surface area contributed by atoms with Crippen LogP contribution in [0.4, 0.5) is 0 Å². The van der Waals surface area contributed by atoms with E-state index >= 15 is 0 Å². The molecule has 0 spiro atoms. The second-order valence-electron chi connectivity index (χ2n) is 4.80. The van der Waals surface area contributed by atoms with Crippen molar-refractivity contribution in [1.82, 2.24) is 24.5 Å². The Morgan fingerprint density at radius 3 is 2.76 bits per heavy atom. The highest BCUT2D eigenvalue weighted by Gasteiger charge is 2.24. The van der Waals surface area contributed by atoms with Crippen LogP contribution in [0.1, 0.15) is 43.6 Å². The van der Waals surface area contributed by atoms with Crippen molar-refractivity contribution in [1.29, 1.82) is 0 Å². The van der Waals surface area contributed by atoms with Crippen molar-refractivity contribution < 1.29 is 9.53 Å². The molecule has 0 aromatic carbocycles. The van der Waals surface area contributed by atoms with E-state index in [1.165, 1.54) is 0 Å². The Morgan fingerprint density at radius 1 is 1.33 bits per heavy atom. The van der Waals surface area contributed by atoms with Gasteiger partial charge in [-0.3, -0.25) is 0 Å². The molecule has 0 aliphatic heterocycles. The van der Waals surface area contributed by atoms with Crippen LogP contribution in [-0.2, 0) is 18.3 Å². The van der Waals surface area contributed by atoms with Crippen LogP contribution in [0.2, 0.25) is 0 Å². The molecule has 0 saturated heterocycles. The Balaban J connectivity index is 2.38. The molecule has 0 aliphatic carbocycles. The maximum Gasteiger partial charge on any atom is 0.361 e. The molecule has 2 aromatic heterocycles. The van der Waals surface area contributed by atoms with Crippen LogP contribution in [0.15, 0.2) is 12.4 Å². The highest BCUT2D eigenvalue weighted by atomic mass is 16.5. The molecule has 0 unspecified atom stereocenters. The number of hydrogen-bond acceptors (Lipinski definition) is 5. The number of rotatable bonds is 7. The molecular formula is C14H21N5O2. The lowest BCUT2D eigenvalue weighted by Gasteiger charge is -2.07. The summed E-state index contributed by atoms with van der Waals surface area (Å²) in [6.07, 6.45) is 6.73. The Kier molecular flexibility index (Phi) is 5.08. The first kappa shape index (κ1) is 15.2. The van der Waals surface area contributed by atoms with Gasteiger partial charge in [0.05, 0.1) is 6.61 Å². The van der Waals surface area contributed by atoms with Gasteiger partial charge in [-0.2, -0.15) is 0 Å². The third-order valence-electron chi connectivity index (χ3n) is 3.21. The predicted molar refractivity (Wildman–Crippen MR) is 77.7 cm³/mol. The summed E-state index contributed by atoms with van der Waals surface area (Å²) in [6, 6.07) is 0. The Labute approximate surface area is 123 Å². The van der Waals surface area contributed by atoms with Crippen LogP contribution < -0.4 is 0 Å². The van der Waals surface area contributed by atoms with E-state index in [2.05, 4.69) is 22.2 Å². The van der Waals surface area contributed by atoms with E-state index in [9.17, 15) is 4.79 Å². The molecule has 21 heavy (non-hydrogen) atoms. The van der Waals surface area contributed by atoms with Gasteiger partial charge in [0, 0.05) is 26.0 Å². The SMILES string of the molecule is CCCCCn1nnc(C(=O)OCC)c1-c1nccn1C. The predicted octanol–water partition coefficient (Wildman–Crippen LogP) is 2.05. The van der Waals surface area contributed by atoms with Crippen molar-refractivity contribution in [3.63, 3.8) is 0 Å². The van der Waals surface area contributed by atoms with Gasteiger partial charge in [0.15, 0.2) is 5.82 Å². The average molecular weight is 291 g/mol. The standard InChI is InChI=1S/C14H21N5O2/c1-4-6-7-9-19-12(13-15-8-10-18(13)3)11(16-17-19)14(20)21-5-2/h8,10H,4-7,9H2,1-3H3. The van der Waals surface area contributed by atoms with Crippen LogP contribution in [0.5, 0.6) is 0 Å². The fourth-order valence-electron chi connectivity index (χ4n) is 2.13. The summed E-state index contributed by atoms with van der Waals surface area (Å²) in [5.41, 5.74) is 0.847. The molecule has 0 atom stereocenters. The summed E-state index contributed by atoms with van der Waals surface area (Å²) in [7, 11) is 1.88. The first-order valence-electron chi connectivity index (χ1n) is 7.27. The van der Waals surface area contributed by atoms with E-state index in [-0.39, 0.29) is 5.69 Å². The topological polar surface area (TPSA) is 74.8 Å². The number of carbonyl (C=O) groups is 1. The minimum absolute atomic E-state index is 0.225. The molecule has 2 rings (SSSR count). The smallest absolute Gasteiger partial charge is 0.361 e. The molecule has 0 aliphatic rings. The van der Waals surface area contributed by atoms with Gasteiger partial charge in [-0.1, -0.05) is 25.0 Å². The molecule has 0 N–H and O–H groups in total.